The first-order valence-electron chi connectivity index (χ1n) is 10.9. The standard InChI is InChI=1S/C25H34F2N2O/c1-4-8-22(13-11-19(2)3)29(16-15-20-9-6-5-7-10-20)25(30)28-18-21-12-14-23(26)24(27)17-21/h5-7,9-10,12,14,17,19,22H,4,8,11,13,15-16,18H2,1-3H3,(H,28,30). The van der Waals surface area contributed by atoms with Crippen molar-refractivity contribution < 1.29 is 13.6 Å². The Morgan fingerprint density at radius 3 is 2.33 bits per heavy atom. The van der Waals surface area contributed by atoms with Crippen LogP contribution in [0.15, 0.2) is 48.5 Å². The number of nitrogens with zero attached hydrogens (tertiary/aromatic N) is 1. The topological polar surface area (TPSA) is 32.3 Å². The van der Waals surface area contributed by atoms with Gasteiger partial charge in [-0.2, -0.15) is 0 Å². The highest BCUT2D eigenvalue weighted by molar-refractivity contribution is 5.74. The van der Waals surface area contributed by atoms with Crippen LogP contribution < -0.4 is 5.32 Å². The van der Waals surface area contributed by atoms with E-state index in [0.717, 1.165) is 44.2 Å². The Balaban J connectivity index is 2.09. The van der Waals surface area contributed by atoms with Crippen LogP contribution in [0.5, 0.6) is 0 Å². The van der Waals surface area contributed by atoms with E-state index in [1.807, 2.05) is 23.1 Å². The lowest BCUT2D eigenvalue weighted by Gasteiger charge is -2.32. The van der Waals surface area contributed by atoms with Crippen molar-refractivity contribution in [2.75, 3.05) is 6.54 Å². The van der Waals surface area contributed by atoms with Crippen molar-refractivity contribution in [1.82, 2.24) is 10.2 Å². The summed E-state index contributed by atoms with van der Waals surface area (Å²) in [5, 5.41) is 2.91. The number of carbonyl (C=O) groups is 1. The van der Waals surface area contributed by atoms with Gasteiger partial charge in [-0.25, -0.2) is 13.6 Å². The zero-order valence-corrected chi connectivity index (χ0v) is 18.3. The van der Waals surface area contributed by atoms with Crippen LogP contribution in [-0.4, -0.2) is 23.5 Å². The molecule has 2 rings (SSSR count). The Labute approximate surface area is 179 Å². The molecule has 0 bridgehead atoms. The predicted molar refractivity (Wildman–Crippen MR) is 118 cm³/mol. The molecule has 2 aromatic carbocycles. The van der Waals surface area contributed by atoms with Gasteiger partial charge in [-0.15, -0.1) is 0 Å². The monoisotopic (exact) mass is 416 g/mol. The minimum Gasteiger partial charge on any atom is -0.334 e. The normalized spacial score (nSPS) is 12.1. The molecular weight excluding hydrogens is 382 g/mol. The molecule has 0 aromatic heterocycles. The number of amides is 2. The molecule has 5 heteroatoms. The van der Waals surface area contributed by atoms with Crippen molar-refractivity contribution in [2.45, 2.75) is 65.5 Å². The molecule has 1 unspecified atom stereocenters. The Kier molecular flexibility index (Phi) is 9.78. The van der Waals surface area contributed by atoms with E-state index in [0.29, 0.717) is 18.0 Å². The Morgan fingerprint density at radius 1 is 0.967 bits per heavy atom. The molecule has 3 nitrogen and oxygen atoms in total. The minimum atomic E-state index is -0.900. The summed E-state index contributed by atoms with van der Waals surface area (Å²) < 4.78 is 26.6. The van der Waals surface area contributed by atoms with E-state index in [2.05, 4.69) is 38.2 Å². The summed E-state index contributed by atoms with van der Waals surface area (Å²) in [7, 11) is 0. The maximum Gasteiger partial charge on any atom is 0.317 e. The average molecular weight is 417 g/mol. The Hall–Kier alpha value is -2.43. The lowest BCUT2D eigenvalue weighted by atomic mass is 9.98. The molecule has 0 radical (unpaired) electrons. The smallest absolute Gasteiger partial charge is 0.317 e. The molecular formula is C25H34F2N2O. The maximum absolute atomic E-state index is 13.5. The average Bonchev–Trinajstić information content (AvgIpc) is 2.73. The first-order chi connectivity index (χ1) is 14.4. The first kappa shape index (κ1) is 23.8. The number of carbonyl (C=O) groups excluding carboxylic acids is 1. The molecule has 0 fully saturated rings. The van der Waals surface area contributed by atoms with Crippen molar-refractivity contribution in [3.8, 4) is 0 Å². The molecule has 30 heavy (non-hydrogen) atoms. The number of rotatable bonds is 11. The van der Waals surface area contributed by atoms with Gasteiger partial charge >= 0.3 is 6.03 Å². The molecule has 0 aliphatic carbocycles. The van der Waals surface area contributed by atoms with Gasteiger partial charge in [0.2, 0.25) is 0 Å². The minimum absolute atomic E-state index is 0.155. The maximum atomic E-state index is 13.5. The number of urea groups is 1. The van der Waals surface area contributed by atoms with Crippen LogP contribution in [0.3, 0.4) is 0 Å². The van der Waals surface area contributed by atoms with Crippen molar-refractivity contribution >= 4 is 6.03 Å². The van der Waals surface area contributed by atoms with Crippen LogP contribution >= 0.6 is 0 Å². The van der Waals surface area contributed by atoms with E-state index in [1.165, 1.54) is 11.6 Å². The van der Waals surface area contributed by atoms with E-state index < -0.39 is 11.6 Å². The third-order valence-electron chi connectivity index (χ3n) is 5.31. The lowest BCUT2D eigenvalue weighted by Crippen LogP contribution is -2.47. The summed E-state index contributed by atoms with van der Waals surface area (Å²) in [6.07, 6.45) is 4.74. The van der Waals surface area contributed by atoms with E-state index in [4.69, 9.17) is 0 Å². The SMILES string of the molecule is CCCC(CCC(C)C)N(CCc1ccccc1)C(=O)NCc1ccc(F)c(F)c1. The number of hydrogen-bond donors (Lipinski definition) is 1. The van der Waals surface area contributed by atoms with Crippen LogP contribution in [0, 0.1) is 17.6 Å². The van der Waals surface area contributed by atoms with Crippen LogP contribution in [-0.2, 0) is 13.0 Å². The highest BCUT2D eigenvalue weighted by Gasteiger charge is 2.23. The van der Waals surface area contributed by atoms with Gasteiger partial charge in [0, 0.05) is 19.1 Å². The lowest BCUT2D eigenvalue weighted by molar-refractivity contribution is 0.163. The van der Waals surface area contributed by atoms with Crippen LogP contribution in [0.4, 0.5) is 13.6 Å². The third kappa shape index (κ3) is 7.77. The second-order valence-electron chi connectivity index (χ2n) is 8.25. The molecule has 0 heterocycles. The largest absolute Gasteiger partial charge is 0.334 e. The summed E-state index contributed by atoms with van der Waals surface area (Å²) in [5.74, 6) is -1.21. The molecule has 0 saturated carbocycles. The fraction of sp³-hybridized carbons (Fsp3) is 0.480. The van der Waals surface area contributed by atoms with E-state index in [9.17, 15) is 13.6 Å². The van der Waals surface area contributed by atoms with E-state index in [1.54, 1.807) is 0 Å². The van der Waals surface area contributed by atoms with Gasteiger partial charge in [-0.3, -0.25) is 0 Å². The molecule has 1 N–H and O–H groups in total. The quantitative estimate of drug-likeness (QED) is 0.456. The zero-order valence-electron chi connectivity index (χ0n) is 18.3. The van der Waals surface area contributed by atoms with Crippen molar-refractivity contribution in [2.24, 2.45) is 5.92 Å². The predicted octanol–water partition coefficient (Wildman–Crippen LogP) is 6.32. The van der Waals surface area contributed by atoms with E-state index in [-0.39, 0.29) is 18.6 Å². The Morgan fingerprint density at radius 2 is 1.70 bits per heavy atom. The van der Waals surface area contributed by atoms with Gasteiger partial charge in [-0.1, -0.05) is 63.6 Å². The van der Waals surface area contributed by atoms with E-state index >= 15 is 0 Å². The summed E-state index contributed by atoms with van der Waals surface area (Å²) in [6.45, 7) is 7.31. The second-order valence-corrected chi connectivity index (χ2v) is 8.25. The highest BCUT2D eigenvalue weighted by Crippen LogP contribution is 2.18. The fourth-order valence-electron chi connectivity index (χ4n) is 3.59. The summed E-state index contributed by atoms with van der Waals surface area (Å²) >= 11 is 0. The molecule has 0 saturated heterocycles. The van der Waals surface area contributed by atoms with Crippen molar-refractivity contribution in [3.63, 3.8) is 0 Å². The Bertz CT molecular complexity index is 780. The van der Waals surface area contributed by atoms with Crippen LogP contribution in [0.25, 0.3) is 0 Å². The van der Waals surface area contributed by atoms with Crippen LogP contribution in [0.1, 0.15) is 57.6 Å². The first-order valence-corrected chi connectivity index (χ1v) is 10.9. The van der Waals surface area contributed by atoms with Crippen molar-refractivity contribution in [3.05, 3.63) is 71.3 Å². The van der Waals surface area contributed by atoms with Gasteiger partial charge in [0.05, 0.1) is 0 Å². The number of hydrogen-bond acceptors (Lipinski definition) is 1. The molecule has 0 aliphatic heterocycles. The molecule has 164 valence electrons. The second kappa shape index (κ2) is 12.3. The number of nitrogens with one attached hydrogen (secondary N) is 1. The molecule has 1 atom stereocenters. The van der Waals surface area contributed by atoms with Gasteiger partial charge in [-0.05, 0) is 54.9 Å². The van der Waals surface area contributed by atoms with Gasteiger partial charge in [0.1, 0.15) is 0 Å². The summed E-state index contributed by atoms with van der Waals surface area (Å²) in [5.41, 5.74) is 1.73. The molecule has 2 amide bonds. The summed E-state index contributed by atoms with van der Waals surface area (Å²) in [4.78, 5) is 15.0. The highest BCUT2D eigenvalue weighted by atomic mass is 19.2. The number of benzene rings is 2. The summed E-state index contributed by atoms with van der Waals surface area (Å²) in [6, 6.07) is 13.9. The fourth-order valence-corrected chi connectivity index (χ4v) is 3.59. The van der Waals surface area contributed by atoms with Crippen LogP contribution in [0.2, 0.25) is 0 Å². The number of halogens is 2. The molecule has 0 aliphatic rings. The molecule has 0 spiro atoms. The zero-order chi connectivity index (χ0) is 21.9. The van der Waals surface area contributed by atoms with Gasteiger partial charge < -0.3 is 10.2 Å². The molecule has 2 aromatic rings. The van der Waals surface area contributed by atoms with Gasteiger partial charge in [0.25, 0.3) is 0 Å². The van der Waals surface area contributed by atoms with Gasteiger partial charge in [0.15, 0.2) is 11.6 Å². The van der Waals surface area contributed by atoms with Crippen molar-refractivity contribution in [1.29, 1.82) is 0 Å². The third-order valence-corrected chi connectivity index (χ3v) is 5.31.